The summed E-state index contributed by atoms with van der Waals surface area (Å²) < 4.78 is 26.9. The molecule has 2 heterocycles. The minimum atomic E-state index is -3.29. The van der Waals surface area contributed by atoms with E-state index in [1.54, 1.807) is 6.07 Å². The molecule has 1 aromatic heterocycles. The Morgan fingerprint density at radius 1 is 1.53 bits per heavy atom. The molecule has 15 heavy (non-hydrogen) atoms. The summed E-state index contributed by atoms with van der Waals surface area (Å²) in [5.41, 5.74) is 0. The number of hydrogen-bond donors (Lipinski definition) is 2. The lowest BCUT2D eigenvalue weighted by atomic mass is 10.3. The zero-order valence-electron chi connectivity index (χ0n) is 8.49. The van der Waals surface area contributed by atoms with Crippen molar-refractivity contribution in [1.29, 1.82) is 0 Å². The Labute approximate surface area is 93.8 Å². The van der Waals surface area contributed by atoms with Crippen molar-refractivity contribution < 1.29 is 8.42 Å². The molecule has 0 radical (unpaired) electrons. The standard InChI is InChI=1S/C9H14N2O2S2/c1-7-2-3-9(14-7)15(12,13)11-8-4-5-10-6-8/h2-3,8,10-11H,4-6H2,1H3/t8-/m1/s1. The van der Waals surface area contributed by atoms with E-state index in [0.29, 0.717) is 4.21 Å². The van der Waals surface area contributed by atoms with Crippen LogP contribution in [0.15, 0.2) is 16.3 Å². The third kappa shape index (κ3) is 2.57. The number of sulfonamides is 1. The molecule has 0 amide bonds. The lowest BCUT2D eigenvalue weighted by Crippen LogP contribution is -2.35. The lowest BCUT2D eigenvalue weighted by molar-refractivity contribution is 0.562. The molecule has 0 aromatic carbocycles. The van der Waals surface area contributed by atoms with E-state index in [1.807, 2.05) is 13.0 Å². The average Bonchev–Trinajstić information content (AvgIpc) is 2.75. The topological polar surface area (TPSA) is 58.2 Å². The molecule has 1 saturated heterocycles. The summed E-state index contributed by atoms with van der Waals surface area (Å²) in [5.74, 6) is 0. The third-order valence-electron chi connectivity index (χ3n) is 2.36. The third-order valence-corrected chi connectivity index (χ3v) is 5.38. The maximum absolute atomic E-state index is 11.9. The fourth-order valence-corrected chi connectivity index (χ4v) is 4.16. The van der Waals surface area contributed by atoms with E-state index < -0.39 is 10.0 Å². The Hall–Kier alpha value is -0.430. The van der Waals surface area contributed by atoms with Gasteiger partial charge in [0.2, 0.25) is 10.0 Å². The van der Waals surface area contributed by atoms with Gasteiger partial charge in [0, 0.05) is 17.5 Å². The van der Waals surface area contributed by atoms with Gasteiger partial charge < -0.3 is 5.32 Å². The lowest BCUT2D eigenvalue weighted by Gasteiger charge is -2.10. The van der Waals surface area contributed by atoms with Gasteiger partial charge in [-0.25, -0.2) is 13.1 Å². The van der Waals surface area contributed by atoms with Crippen LogP contribution in [0.4, 0.5) is 0 Å². The quantitative estimate of drug-likeness (QED) is 0.825. The van der Waals surface area contributed by atoms with Crippen LogP contribution in [-0.4, -0.2) is 27.5 Å². The minimum Gasteiger partial charge on any atom is -0.315 e. The molecule has 84 valence electrons. The van der Waals surface area contributed by atoms with Crippen LogP contribution in [0.25, 0.3) is 0 Å². The van der Waals surface area contributed by atoms with Crippen LogP contribution in [0, 0.1) is 6.92 Å². The molecule has 6 heteroatoms. The molecule has 2 N–H and O–H groups in total. The Bertz CT molecular complexity index is 433. The van der Waals surface area contributed by atoms with Crippen molar-refractivity contribution in [1.82, 2.24) is 10.0 Å². The van der Waals surface area contributed by atoms with Gasteiger partial charge in [-0.1, -0.05) is 0 Å². The van der Waals surface area contributed by atoms with Crippen molar-refractivity contribution in [3.63, 3.8) is 0 Å². The minimum absolute atomic E-state index is 0.0393. The average molecular weight is 246 g/mol. The molecule has 1 atom stereocenters. The summed E-state index contributed by atoms with van der Waals surface area (Å²) in [5, 5.41) is 3.13. The molecular weight excluding hydrogens is 232 g/mol. The van der Waals surface area contributed by atoms with Crippen LogP contribution in [0.2, 0.25) is 0 Å². The molecule has 0 spiro atoms. The molecule has 0 bridgehead atoms. The summed E-state index contributed by atoms with van der Waals surface area (Å²) in [6, 6.07) is 3.52. The highest BCUT2D eigenvalue weighted by Crippen LogP contribution is 2.20. The molecule has 0 unspecified atom stereocenters. The molecule has 1 aliphatic rings. The SMILES string of the molecule is Cc1ccc(S(=O)(=O)N[C@@H]2CCNC2)s1. The molecule has 4 nitrogen and oxygen atoms in total. The summed E-state index contributed by atoms with van der Waals surface area (Å²) in [4.78, 5) is 1.01. The normalized spacial score (nSPS) is 22.1. The fourth-order valence-electron chi connectivity index (χ4n) is 1.59. The summed E-state index contributed by atoms with van der Waals surface area (Å²) in [7, 11) is -3.29. The zero-order chi connectivity index (χ0) is 10.9. The van der Waals surface area contributed by atoms with Crippen LogP contribution < -0.4 is 10.0 Å². The van der Waals surface area contributed by atoms with Crippen LogP contribution >= 0.6 is 11.3 Å². The Kier molecular flexibility index (Phi) is 3.11. The number of rotatable bonds is 3. The van der Waals surface area contributed by atoms with Crippen molar-refractivity contribution in [3.05, 3.63) is 17.0 Å². The van der Waals surface area contributed by atoms with Gasteiger partial charge in [0.05, 0.1) is 0 Å². The second kappa shape index (κ2) is 4.21. The van der Waals surface area contributed by atoms with Gasteiger partial charge in [-0.3, -0.25) is 0 Å². The van der Waals surface area contributed by atoms with Gasteiger partial charge in [0.25, 0.3) is 0 Å². The number of thiophene rings is 1. The molecule has 1 fully saturated rings. The zero-order valence-corrected chi connectivity index (χ0v) is 10.1. The van der Waals surface area contributed by atoms with E-state index in [0.717, 1.165) is 24.4 Å². The monoisotopic (exact) mass is 246 g/mol. The number of hydrogen-bond acceptors (Lipinski definition) is 4. The molecule has 2 rings (SSSR count). The maximum atomic E-state index is 11.9. The summed E-state index contributed by atoms with van der Waals surface area (Å²) in [6.07, 6.45) is 0.865. The summed E-state index contributed by atoms with van der Waals surface area (Å²) in [6.45, 7) is 3.51. The van der Waals surface area contributed by atoms with Gasteiger partial charge in [0.1, 0.15) is 4.21 Å². The van der Waals surface area contributed by atoms with Crippen LogP contribution in [-0.2, 0) is 10.0 Å². The predicted octanol–water partition coefficient (Wildman–Crippen LogP) is 0.697. The van der Waals surface area contributed by atoms with Gasteiger partial charge in [-0.2, -0.15) is 0 Å². The molecule has 1 aliphatic heterocycles. The fraction of sp³-hybridized carbons (Fsp3) is 0.556. The van der Waals surface area contributed by atoms with Crippen molar-refractivity contribution in [2.75, 3.05) is 13.1 Å². The molecule has 1 aromatic rings. The smallest absolute Gasteiger partial charge is 0.250 e. The van der Waals surface area contributed by atoms with Gasteiger partial charge in [-0.05, 0) is 32.0 Å². The van der Waals surface area contributed by atoms with Crippen LogP contribution in [0.1, 0.15) is 11.3 Å². The number of aryl methyl sites for hydroxylation is 1. The second-order valence-electron chi connectivity index (χ2n) is 3.68. The first kappa shape index (κ1) is 11.1. The van der Waals surface area contributed by atoms with Crippen LogP contribution in [0.5, 0.6) is 0 Å². The molecule has 0 aliphatic carbocycles. The molecule has 0 saturated carbocycles. The maximum Gasteiger partial charge on any atom is 0.250 e. The second-order valence-corrected chi connectivity index (χ2v) is 6.90. The largest absolute Gasteiger partial charge is 0.315 e. The van der Waals surface area contributed by atoms with Crippen molar-refractivity contribution in [2.24, 2.45) is 0 Å². The molecular formula is C9H14N2O2S2. The van der Waals surface area contributed by atoms with Crippen molar-refractivity contribution >= 4 is 21.4 Å². The Balaban J connectivity index is 2.12. The van der Waals surface area contributed by atoms with Crippen molar-refractivity contribution in [2.45, 2.75) is 23.6 Å². The number of nitrogens with one attached hydrogen (secondary N) is 2. The van der Waals surface area contributed by atoms with E-state index in [4.69, 9.17) is 0 Å². The summed E-state index contributed by atoms with van der Waals surface area (Å²) >= 11 is 1.31. The van der Waals surface area contributed by atoms with Crippen LogP contribution in [0.3, 0.4) is 0 Å². The highest BCUT2D eigenvalue weighted by atomic mass is 32.2. The van der Waals surface area contributed by atoms with Gasteiger partial charge >= 0.3 is 0 Å². The highest BCUT2D eigenvalue weighted by Gasteiger charge is 2.23. The van der Waals surface area contributed by atoms with E-state index in [9.17, 15) is 8.42 Å². The van der Waals surface area contributed by atoms with E-state index in [2.05, 4.69) is 10.0 Å². The van der Waals surface area contributed by atoms with E-state index in [1.165, 1.54) is 11.3 Å². The Morgan fingerprint density at radius 3 is 2.87 bits per heavy atom. The first-order chi connectivity index (χ1) is 7.08. The van der Waals surface area contributed by atoms with Gasteiger partial charge in [0.15, 0.2) is 0 Å². The van der Waals surface area contributed by atoms with E-state index >= 15 is 0 Å². The first-order valence-corrected chi connectivity index (χ1v) is 7.17. The van der Waals surface area contributed by atoms with Gasteiger partial charge in [-0.15, -0.1) is 11.3 Å². The first-order valence-electron chi connectivity index (χ1n) is 4.87. The van der Waals surface area contributed by atoms with E-state index in [-0.39, 0.29) is 6.04 Å². The predicted molar refractivity (Wildman–Crippen MR) is 60.7 cm³/mol. The highest BCUT2D eigenvalue weighted by molar-refractivity contribution is 7.91. The Morgan fingerprint density at radius 2 is 2.33 bits per heavy atom. The van der Waals surface area contributed by atoms with Crippen molar-refractivity contribution in [3.8, 4) is 0 Å².